The predicted molar refractivity (Wildman–Crippen MR) is 205 cm³/mol. The lowest BCUT2D eigenvalue weighted by molar-refractivity contribution is -0.347. The molecule has 0 spiro atoms. The van der Waals surface area contributed by atoms with Crippen molar-refractivity contribution in [2.45, 2.75) is 164 Å². The van der Waals surface area contributed by atoms with Crippen LogP contribution in [0.1, 0.15) is 41.5 Å². The molecule has 0 bridgehead atoms. The SMILES string of the molecule is CC(=O)N[C@@H]1[C@@H](NC(C)=O)[C@H](O[C@H]2[C@H](NC(C)=O)[C@@H](NC(C)=O)[C@@H](O[C@H]3[C@H](NC(C)=O)[C@H](NC(C)=O)C(O)O[C@@H]3C(=O)O)O[C@@H]2CO)O[C@H](C(=O)O)[C@H]1O[C@H]1O[C@H](CO)[C@@H](O)[C@H](O)[C@H]1O. The summed E-state index contributed by atoms with van der Waals surface area (Å²) >= 11 is 0. The minimum Gasteiger partial charge on any atom is -0.479 e. The number of carboxylic acid groups (broad SMARTS) is 2. The highest BCUT2D eigenvalue weighted by molar-refractivity contribution is 5.78. The van der Waals surface area contributed by atoms with Gasteiger partial charge in [0, 0.05) is 41.5 Å². The van der Waals surface area contributed by atoms with Gasteiger partial charge in [0.2, 0.25) is 35.4 Å². The van der Waals surface area contributed by atoms with Gasteiger partial charge in [0.05, 0.1) is 31.3 Å². The van der Waals surface area contributed by atoms with Crippen LogP contribution in [0, 0.1) is 0 Å². The molecule has 0 aromatic heterocycles. The first-order valence-corrected chi connectivity index (χ1v) is 20.0. The van der Waals surface area contributed by atoms with Crippen LogP contribution in [0.2, 0.25) is 0 Å². The monoisotopic (exact) mass is 940 g/mol. The second-order valence-corrected chi connectivity index (χ2v) is 15.6. The minimum absolute atomic E-state index is 0.753. The molecule has 65 heavy (non-hydrogen) atoms. The Morgan fingerprint density at radius 2 is 0.754 bits per heavy atom. The summed E-state index contributed by atoms with van der Waals surface area (Å²) in [6.07, 6.45) is -27.3. The van der Waals surface area contributed by atoms with Crippen molar-refractivity contribution in [3.63, 3.8) is 0 Å². The Hall–Kier alpha value is -4.76. The van der Waals surface area contributed by atoms with E-state index in [-0.39, 0.29) is 0 Å². The maximum atomic E-state index is 12.9. The quantitative estimate of drug-likeness (QED) is 0.0683. The third-order valence-electron chi connectivity index (χ3n) is 10.6. The molecule has 4 aliphatic heterocycles. The molecule has 368 valence electrons. The largest absolute Gasteiger partial charge is 0.479 e. The standard InChI is InChI=1S/C36H56N6O23/c1-9(45)37-17-20(40-12(4)48)33(58)61-29(31(54)55)27(17)63-34-21(41-13(5)49)18(38-10(2)46)26(16(8-44)60-34)62-35-22(42-14(6)50)19(39-11(3)47)28(30(65-35)32(56)57)64-36-25(53)24(52)23(51)15(7-43)59-36/h15-30,33-36,43-44,51-53,58H,7-8H2,1-6H3,(H,37,45)(H,38,46)(H,39,47)(H,40,48)(H,41,49)(H,42,50)(H,54,55)(H,56,57)/t15-,16-,17-,18-,19-,20+,21-,22-,23-,24+,25-,26-,27+,28+,29+,30+,33?,34-,35-,36-/m1/s1. The Bertz CT molecular complexity index is 1760. The Labute approximate surface area is 368 Å². The van der Waals surface area contributed by atoms with Crippen LogP contribution in [0.25, 0.3) is 0 Å². The van der Waals surface area contributed by atoms with Gasteiger partial charge in [-0.3, -0.25) is 28.8 Å². The Morgan fingerprint density at radius 3 is 1.18 bits per heavy atom. The number of aliphatic carboxylic acids is 2. The average Bonchev–Trinajstić information content (AvgIpc) is 3.19. The van der Waals surface area contributed by atoms with Gasteiger partial charge in [-0.05, 0) is 0 Å². The number of carbonyl (C=O) groups is 8. The molecule has 29 heteroatoms. The molecule has 29 nitrogen and oxygen atoms in total. The smallest absolute Gasteiger partial charge is 0.335 e. The van der Waals surface area contributed by atoms with Crippen molar-refractivity contribution in [1.82, 2.24) is 31.9 Å². The fourth-order valence-corrected chi connectivity index (χ4v) is 8.00. The molecule has 4 aliphatic rings. The van der Waals surface area contributed by atoms with E-state index in [0.717, 1.165) is 41.5 Å². The van der Waals surface area contributed by atoms with Crippen molar-refractivity contribution < 1.29 is 112 Å². The normalized spacial score (nSPS) is 39.4. The molecule has 14 N–H and O–H groups in total. The summed E-state index contributed by atoms with van der Waals surface area (Å²) in [7, 11) is 0. The van der Waals surface area contributed by atoms with Crippen LogP contribution >= 0.6 is 0 Å². The zero-order valence-electron chi connectivity index (χ0n) is 35.7. The molecule has 4 fully saturated rings. The highest BCUT2D eigenvalue weighted by Crippen LogP contribution is 2.35. The topological polar surface area (TPSA) is 435 Å². The van der Waals surface area contributed by atoms with Gasteiger partial charge >= 0.3 is 11.9 Å². The van der Waals surface area contributed by atoms with Crippen LogP contribution < -0.4 is 31.9 Å². The van der Waals surface area contributed by atoms with Crippen LogP contribution in [0.5, 0.6) is 0 Å². The zero-order valence-corrected chi connectivity index (χ0v) is 35.7. The summed E-state index contributed by atoms with van der Waals surface area (Å²) in [5.74, 6) is -8.47. The summed E-state index contributed by atoms with van der Waals surface area (Å²) in [6, 6.07) is -9.93. The fourth-order valence-electron chi connectivity index (χ4n) is 8.00. The summed E-state index contributed by atoms with van der Waals surface area (Å²) < 4.78 is 40.8. The Kier molecular flexibility index (Phi) is 18.4. The molecular formula is C36H56N6O23. The lowest BCUT2D eigenvalue weighted by atomic mass is 9.90. The number of hydrogen-bond acceptors (Lipinski definition) is 21. The van der Waals surface area contributed by atoms with Crippen LogP contribution in [-0.2, 0) is 71.5 Å². The van der Waals surface area contributed by atoms with Crippen LogP contribution in [0.4, 0.5) is 0 Å². The molecule has 20 atom stereocenters. The number of hydrogen-bond donors (Lipinski definition) is 14. The van der Waals surface area contributed by atoms with Crippen LogP contribution in [0.15, 0.2) is 0 Å². The molecule has 4 heterocycles. The summed E-state index contributed by atoms with van der Waals surface area (Å²) in [5.41, 5.74) is 0. The van der Waals surface area contributed by atoms with Gasteiger partial charge in [-0.15, -0.1) is 0 Å². The minimum atomic E-state index is -2.25. The summed E-state index contributed by atoms with van der Waals surface area (Å²) in [5, 5.41) is 97.9. The fraction of sp³-hybridized carbons (Fsp3) is 0.778. The van der Waals surface area contributed by atoms with Gasteiger partial charge in [0.15, 0.2) is 37.4 Å². The molecule has 1 unspecified atom stereocenters. The average molecular weight is 941 g/mol. The molecule has 0 saturated carbocycles. The first-order chi connectivity index (χ1) is 30.4. The van der Waals surface area contributed by atoms with Gasteiger partial charge < -0.3 is 106 Å². The van der Waals surface area contributed by atoms with E-state index in [1.165, 1.54) is 0 Å². The van der Waals surface area contributed by atoms with Crippen molar-refractivity contribution in [3.8, 4) is 0 Å². The first kappa shape index (κ1) is 52.9. The van der Waals surface area contributed by atoms with Crippen molar-refractivity contribution in [2.24, 2.45) is 0 Å². The van der Waals surface area contributed by atoms with Gasteiger partial charge in [0.1, 0.15) is 67.0 Å². The van der Waals surface area contributed by atoms with E-state index in [9.17, 15) is 79.2 Å². The molecule has 0 aromatic rings. The van der Waals surface area contributed by atoms with Crippen molar-refractivity contribution in [2.75, 3.05) is 13.2 Å². The third-order valence-corrected chi connectivity index (χ3v) is 10.6. The molecule has 6 amide bonds. The first-order valence-electron chi connectivity index (χ1n) is 20.0. The van der Waals surface area contributed by atoms with Crippen LogP contribution in [-0.4, -0.2) is 224 Å². The number of ether oxygens (including phenoxy) is 7. The van der Waals surface area contributed by atoms with Crippen molar-refractivity contribution >= 4 is 47.4 Å². The zero-order chi connectivity index (χ0) is 48.8. The molecule has 0 radical (unpaired) electrons. The summed E-state index contributed by atoms with van der Waals surface area (Å²) in [4.78, 5) is 101. The van der Waals surface area contributed by atoms with E-state index in [1.54, 1.807) is 0 Å². The molecule has 0 aromatic carbocycles. The van der Waals surface area contributed by atoms with Crippen molar-refractivity contribution in [3.05, 3.63) is 0 Å². The number of rotatable bonds is 16. The Balaban J connectivity index is 1.81. The van der Waals surface area contributed by atoms with E-state index >= 15 is 0 Å². The Morgan fingerprint density at radius 1 is 0.415 bits per heavy atom. The molecule has 0 aliphatic carbocycles. The lowest BCUT2D eigenvalue weighted by Crippen LogP contribution is -2.75. The number of carbonyl (C=O) groups excluding carboxylic acids is 6. The number of carboxylic acids is 2. The number of nitrogens with one attached hydrogen (secondary N) is 6. The maximum Gasteiger partial charge on any atom is 0.335 e. The van der Waals surface area contributed by atoms with E-state index in [2.05, 4.69) is 31.9 Å². The lowest BCUT2D eigenvalue weighted by Gasteiger charge is -2.52. The van der Waals surface area contributed by atoms with E-state index in [4.69, 9.17) is 33.2 Å². The van der Waals surface area contributed by atoms with E-state index < -0.39 is 183 Å². The predicted octanol–water partition coefficient (Wildman–Crippen LogP) is -8.70. The highest BCUT2D eigenvalue weighted by atomic mass is 16.8. The summed E-state index contributed by atoms with van der Waals surface area (Å²) in [6.45, 7) is 4.17. The molecular weight excluding hydrogens is 884 g/mol. The van der Waals surface area contributed by atoms with Gasteiger partial charge in [0.25, 0.3) is 0 Å². The van der Waals surface area contributed by atoms with Crippen molar-refractivity contribution in [1.29, 1.82) is 0 Å². The number of aliphatic hydroxyl groups is 6. The molecule has 4 saturated heterocycles. The number of amides is 6. The highest BCUT2D eigenvalue weighted by Gasteiger charge is 2.58. The molecule has 4 rings (SSSR count). The third kappa shape index (κ3) is 12.8. The van der Waals surface area contributed by atoms with E-state index in [1.807, 2.05) is 0 Å². The number of aliphatic hydroxyl groups excluding tert-OH is 6. The second-order valence-electron chi connectivity index (χ2n) is 15.6. The van der Waals surface area contributed by atoms with E-state index in [0.29, 0.717) is 0 Å². The van der Waals surface area contributed by atoms with Gasteiger partial charge in [-0.2, -0.15) is 0 Å². The maximum absolute atomic E-state index is 12.9. The second kappa shape index (κ2) is 22.6. The van der Waals surface area contributed by atoms with Crippen LogP contribution in [0.3, 0.4) is 0 Å². The van der Waals surface area contributed by atoms with Gasteiger partial charge in [-0.1, -0.05) is 0 Å². The van der Waals surface area contributed by atoms with Gasteiger partial charge in [-0.25, -0.2) is 9.59 Å².